The summed E-state index contributed by atoms with van der Waals surface area (Å²) in [5.41, 5.74) is 8.20. The lowest BCUT2D eigenvalue weighted by Crippen LogP contribution is -1.94. The zero-order valence-electron chi connectivity index (χ0n) is 17.6. The summed E-state index contributed by atoms with van der Waals surface area (Å²) in [7, 11) is 0. The van der Waals surface area contributed by atoms with E-state index in [-0.39, 0.29) is 0 Å². The van der Waals surface area contributed by atoms with Crippen molar-refractivity contribution in [3.8, 4) is 33.6 Å². The molecule has 0 amide bonds. The first-order valence-corrected chi connectivity index (χ1v) is 10.7. The molecule has 0 saturated heterocycles. The highest BCUT2D eigenvalue weighted by molar-refractivity contribution is 6.06. The molecule has 0 radical (unpaired) electrons. The van der Waals surface area contributed by atoms with Gasteiger partial charge in [-0.3, -0.25) is 0 Å². The van der Waals surface area contributed by atoms with Gasteiger partial charge in [-0.25, -0.2) is 9.97 Å². The molecule has 0 N–H and O–H groups in total. The Morgan fingerprint density at radius 3 is 1.88 bits per heavy atom. The molecule has 0 saturated carbocycles. The van der Waals surface area contributed by atoms with Crippen LogP contribution in [0, 0.1) is 6.92 Å². The summed E-state index contributed by atoms with van der Waals surface area (Å²) in [6.07, 6.45) is 0. The predicted molar refractivity (Wildman–Crippen MR) is 130 cm³/mol. The van der Waals surface area contributed by atoms with Crippen LogP contribution in [0.5, 0.6) is 0 Å². The van der Waals surface area contributed by atoms with Crippen LogP contribution >= 0.6 is 0 Å². The van der Waals surface area contributed by atoms with Crippen molar-refractivity contribution in [1.29, 1.82) is 0 Å². The van der Waals surface area contributed by atoms with Crippen molar-refractivity contribution in [2.45, 2.75) is 6.92 Å². The van der Waals surface area contributed by atoms with Gasteiger partial charge in [0.1, 0.15) is 17.0 Å². The molecule has 0 unspecified atom stereocenters. The van der Waals surface area contributed by atoms with Gasteiger partial charge in [-0.05, 0) is 42.3 Å². The Labute approximate surface area is 186 Å². The van der Waals surface area contributed by atoms with Gasteiger partial charge in [0.15, 0.2) is 0 Å². The zero-order chi connectivity index (χ0) is 21.5. The third kappa shape index (κ3) is 3.25. The summed E-state index contributed by atoms with van der Waals surface area (Å²) in [5, 5.41) is 2.28. The molecule has 2 heterocycles. The first-order chi connectivity index (χ1) is 15.7. The van der Waals surface area contributed by atoms with Gasteiger partial charge >= 0.3 is 0 Å². The van der Waals surface area contributed by atoms with Crippen LogP contribution in [0.1, 0.15) is 5.82 Å². The Morgan fingerprint density at radius 1 is 0.500 bits per heavy atom. The molecule has 0 fully saturated rings. The van der Waals surface area contributed by atoms with Gasteiger partial charge in [0.25, 0.3) is 0 Å². The minimum atomic E-state index is 0.766. The lowest BCUT2D eigenvalue weighted by atomic mass is 10.00. The minimum absolute atomic E-state index is 0.766. The van der Waals surface area contributed by atoms with Gasteiger partial charge in [0.05, 0.1) is 11.4 Å². The summed E-state index contributed by atoms with van der Waals surface area (Å²) in [6, 6.07) is 35.4. The van der Waals surface area contributed by atoms with Crippen LogP contribution in [0.3, 0.4) is 0 Å². The van der Waals surface area contributed by atoms with Crippen molar-refractivity contribution in [1.82, 2.24) is 9.97 Å². The Balaban J connectivity index is 1.38. The second kappa shape index (κ2) is 7.47. The van der Waals surface area contributed by atoms with Gasteiger partial charge in [-0.15, -0.1) is 0 Å². The predicted octanol–water partition coefficient (Wildman–Crippen LogP) is 7.69. The molecule has 0 bridgehead atoms. The van der Waals surface area contributed by atoms with E-state index in [0.29, 0.717) is 0 Å². The molecule has 152 valence electrons. The Kier molecular flexibility index (Phi) is 4.32. The van der Waals surface area contributed by atoms with Crippen LogP contribution in [-0.2, 0) is 0 Å². The minimum Gasteiger partial charge on any atom is -0.456 e. The first-order valence-electron chi connectivity index (χ1n) is 10.7. The average molecular weight is 412 g/mol. The van der Waals surface area contributed by atoms with Crippen LogP contribution in [0.4, 0.5) is 0 Å². The number of hydrogen-bond donors (Lipinski definition) is 0. The molecule has 4 aromatic carbocycles. The number of nitrogens with zero attached hydrogens (tertiary/aromatic N) is 2. The van der Waals surface area contributed by atoms with Crippen molar-refractivity contribution in [2.24, 2.45) is 0 Å². The van der Waals surface area contributed by atoms with E-state index < -0.39 is 0 Å². The molecule has 3 heteroatoms. The van der Waals surface area contributed by atoms with Crippen molar-refractivity contribution in [2.75, 3.05) is 0 Å². The number of benzene rings is 4. The number of hydrogen-bond acceptors (Lipinski definition) is 3. The van der Waals surface area contributed by atoms with Crippen molar-refractivity contribution >= 4 is 21.9 Å². The van der Waals surface area contributed by atoms with Crippen molar-refractivity contribution in [3.63, 3.8) is 0 Å². The van der Waals surface area contributed by atoms with Crippen LogP contribution in [0.15, 0.2) is 108 Å². The lowest BCUT2D eigenvalue weighted by molar-refractivity contribution is 0.669. The standard InChI is InChI=1S/C29H20N2O/c1-19-30-26(21-7-3-2-4-8-21)18-27(31-19)22-13-11-20(12-14-22)23-15-16-29-25(17-23)24-9-5-6-10-28(24)32-29/h2-18H,1H3. The summed E-state index contributed by atoms with van der Waals surface area (Å²) < 4.78 is 5.96. The molecule has 0 aliphatic heterocycles. The molecule has 0 spiro atoms. The molecule has 3 nitrogen and oxygen atoms in total. The van der Waals surface area contributed by atoms with Gasteiger partial charge in [-0.2, -0.15) is 0 Å². The smallest absolute Gasteiger partial charge is 0.135 e. The quantitative estimate of drug-likeness (QED) is 0.299. The van der Waals surface area contributed by atoms with Crippen LogP contribution in [-0.4, -0.2) is 9.97 Å². The summed E-state index contributed by atoms with van der Waals surface area (Å²) in [6.45, 7) is 1.94. The molecule has 0 aliphatic carbocycles. The highest BCUT2D eigenvalue weighted by Gasteiger charge is 2.10. The fourth-order valence-electron chi connectivity index (χ4n) is 4.21. The maximum Gasteiger partial charge on any atom is 0.135 e. The van der Waals surface area contributed by atoms with Gasteiger partial charge in [0.2, 0.25) is 0 Å². The SMILES string of the molecule is Cc1nc(-c2ccccc2)cc(-c2ccc(-c3ccc4oc5ccccc5c4c3)cc2)n1. The molecule has 6 aromatic rings. The largest absolute Gasteiger partial charge is 0.456 e. The number of aryl methyl sites for hydroxylation is 1. The topological polar surface area (TPSA) is 38.9 Å². The number of para-hydroxylation sites is 1. The molecule has 32 heavy (non-hydrogen) atoms. The summed E-state index contributed by atoms with van der Waals surface area (Å²) in [5.74, 6) is 0.766. The van der Waals surface area contributed by atoms with Crippen LogP contribution in [0.25, 0.3) is 55.6 Å². The van der Waals surface area contributed by atoms with Gasteiger partial charge in [0, 0.05) is 21.9 Å². The monoisotopic (exact) mass is 412 g/mol. The lowest BCUT2D eigenvalue weighted by Gasteiger charge is -2.08. The second-order valence-corrected chi connectivity index (χ2v) is 7.94. The van der Waals surface area contributed by atoms with E-state index in [2.05, 4.69) is 76.7 Å². The van der Waals surface area contributed by atoms with E-state index in [9.17, 15) is 0 Å². The highest BCUT2D eigenvalue weighted by Crippen LogP contribution is 2.33. The van der Waals surface area contributed by atoms with Gasteiger partial charge < -0.3 is 4.42 Å². The third-order valence-corrected chi connectivity index (χ3v) is 5.80. The third-order valence-electron chi connectivity index (χ3n) is 5.80. The van der Waals surface area contributed by atoms with Gasteiger partial charge in [-0.1, -0.05) is 78.9 Å². The molecule has 0 aliphatic rings. The molecular formula is C29H20N2O. The molecule has 6 rings (SSSR count). The zero-order valence-corrected chi connectivity index (χ0v) is 17.6. The normalized spacial score (nSPS) is 11.3. The Hall–Kier alpha value is -4.24. The van der Waals surface area contributed by atoms with E-state index in [1.807, 2.05) is 43.3 Å². The summed E-state index contributed by atoms with van der Waals surface area (Å²) >= 11 is 0. The molecular weight excluding hydrogens is 392 g/mol. The fraction of sp³-hybridized carbons (Fsp3) is 0.0345. The maximum absolute atomic E-state index is 5.96. The first kappa shape index (κ1) is 18.5. The Bertz CT molecular complexity index is 1560. The van der Waals surface area contributed by atoms with Crippen LogP contribution in [0.2, 0.25) is 0 Å². The maximum atomic E-state index is 5.96. The second-order valence-electron chi connectivity index (χ2n) is 7.94. The molecule has 2 aromatic heterocycles. The highest BCUT2D eigenvalue weighted by atomic mass is 16.3. The average Bonchev–Trinajstić information content (AvgIpc) is 3.22. The fourth-order valence-corrected chi connectivity index (χ4v) is 4.21. The Morgan fingerprint density at radius 2 is 1.09 bits per heavy atom. The van der Waals surface area contributed by atoms with Crippen molar-refractivity contribution in [3.05, 3.63) is 109 Å². The molecule has 0 atom stereocenters. The number of rotatable bonds is 3. The van der Waals surface area contributed by atoms with Crippen LogP contribution < -0.4 is 0 Å². The van der Waals surface area contributed by atoms with Crippen molar-refractivity contribution < 1.29 is 4.42 Å². The van der Waals surface area contributed by atoms with E-state index in [0.717, 1.165) is 55.8 Å². The van der Waals surface area contributed by atoms with E-state index in [1.54, 1.807) is 0 Å². The van der Waals surface area contributed by atoms with E-state index in [4.69, 9.17) is 4.42 Å². The summed E-state index contributed by atoms with van der Waals surface area (Å²) in [4.78, 5) is 9.30. The number of furan rings is 1. The van der Waals surface area contributed by atoms with E-state index in [1.165, 1.54) is 5.56 Å². The number of aromatic nitrogens is 2. The number of fused-ring (bicyclic) bond motifs is 3. The van der Waals surface area contributed by atoms with E-state index >= 15 is 0 Å².